The zero-order valence-corrected chi connectivity index (χ0v) is 25.2. The van der Waals surface area contributed by atoms with Crippen LogP contribution in [0.3, 0.4) is 0 Å². The molecule has 3 aromatic carbocycles. The van der Waals surface area contributed by atoms with E-state index >= 15 is 0 Å². The number of thiazole rings is 1. The molecule has 2 heterocycles. The van der Waals surface area contributed by atoms with E-state index in [1.54, 1.807) is 16.7 Å². The van der Waals surface area contributed by atoms with Gasteiger partial charge in [0.15, 0.2) is 4.80 Å². The molecule has 0 spiro atoms. The van der Waals surface area contributed by atoms with Crippen molar-refractivity contribution >= 4 is 23.1 Å². The van der Waals surface area contributed by atoms with Gasteiger partial charge >= 0.3 is 0 Å². The molecule has 0 amide bonds. The summed E-state index contributed by atoms with van der Waals surface area (Å²) in [6, 6.07) is 18.4. The van der Waals surface area contributed by atoms with Crippen LogP contribution in [-0.2, 0) is 17.3 Å². The SMILES string of the molecule is CC(C)(C)c1cc(/C=c2\sc3n(c2=O)[C@H](c2ccc(F)cc2)C2=C(N=3)c3ccccc3CC2)cc(C(C)(C)C)c1O. The summed E-state index contributed by atoms with van der Waals surface area (Å²) in [6.45, 7) is 12.5. The van der Waals surface area contributed by atoms with Gasteiger partial charge in [0, 0.05) is 16.7 Å². The Labute approximate surface area is 243 Å². The van der Waals surface area contributed by atoms with Crippen molar-refractivity contribution in [1.29, 1.82) is 0 Å². The molecule has 0 unspecified atom stereocenters. The van der Waals surface area contributed by atoms with Crippen molar-refractivity contribution in [3.05, 3.63) is 125 Å². The highest BCUT2D eigenvalue weighted by Gasteiger charge is 2.33. The van der Waals surface area contributed by atoms with E-state index in [2.05, 4.69) is 53.7 Å². The van der Waals surface area contributed by atoms with Crippen molar-refractivity contribution < 1.29 is 9.50 Å². The predicted octanol–water partition coefficient (Wildman–Crippen LogP) is 6.76. The van der Waals surface area contributed by atoms with Crippen molar-refractivity contribution in [2.24, 2.45) is 4.99 Å². The number of fused-ring (bicyclic) bond motifs is 3. The molecule has 1 aliphatic carbocycles. The number of nitrogens with zero attached hydrogens (tertiary/aromatic N) is 2. The van der Waals surface area contributed by atoms with Gasteiger partial charge < -0.3 is 5.11 Å². The summed E-state index contributed by atoms with van der Waals surface area (Å²) in [7, 11) is 0. The van der Waals surface area contributed by atoms with Gasteiger partial charge in [0.1, 0.15) is 11.6 Å². The summed E-state index contributed by atoms with van der Waals surface area (Å²) < 4.78 is 16.3. The lowest BCUT2D eigenvalue weighted by atomic mass is 9.78. The van der Waals surface area contributed by atoms with Crippen LogP contribution in [0.4, 0.5) is 4.39 Å². The number of allylic oxidation sites excluding steroid dienone is 1. The molecule has 210 valence electrons. The lowest BCUT2D eigenvalue weighted by Gasteiger charge is -2.30. The molecule has 6 rings (SSSR count). The number of phenolic OH excluding ortho intramolecular Hbond substituents is 1. The molecule has 4 aromatic rings. The average molecular weight is 567 g/mol. The fourth-order valence-corrected chi connectivity index (χ4v) is 7.00. The molecule has 1 N–H and O–H groups in total. The fourth-order valence-electron chi connectivity index (χ4n) is 6.00. The zero-order valence-electron chi connectivity index (χ0n) is 24.4. The van der Waals surface area contributed by atoms with Crippen molar-refractivity contribution in [2.75, 3.05) is 0 Å². The van der Waals surface area contributed by atoms with Gasteiger partial charge in [0.2, 0.25) is 0 Å². The Hall–Kier alpha value is -3.77. The molecule has 1 aliphatic heterocycles. The minimum Gasteiger partial charge on any atom is -0.507 e. The Balaban J connectivity index is 1.61. The number of aryl methyl sites for hydroxylation is 1. The first kappa shape index (κ1) is 27.4. The van der Waals surface area contributed by atoms with E-state index in [9.17, 15) is 14.3 Å². The number of phenols is 1. The third kappa shape index (κ3) is 4.78. The number of hydrogen-bond acceptors (Lipinski definition) is 4. The molecule has 0 bridgehead atoms. The van der Waals surface area contributed by atoms with Crippen LogP contribution in [0.15, 0.2) is 76.0 Å². The Morgan fingerprint density at radius 2 is 1.59 bits per heavy atom. The van der Waals surface area contributed by atoms with Crippen LogP contribution >= 0.6 is 11.3 Å². The topological polar surface area (TPSA) is 54.6 Å². The van der Waals surface area contributed by atoms with Gasteiger partial charge in [-0.15, -0.1) is 0 Å². The Morgan fingerprint density at radius 1 is 0.951 bits per heavy atom. The van der Waals surface area contributed by atoms with E-state index < -0.39 is 0 Å². The van der Waals surface area contributed by atoms with Gasteiger partial charge in [-0.05, 0) is 76.3 Å². The quantitative estimate of drug-likeness (QED) is 0.292. The van der Waals surface area contributed by atoms with E-state index in [1.165, 1.54) is 29.0 Å². The molecule has 0 saturated carbocycles. The highest BCUT2D eigenvalue weighted by Crippen LogP contribution is 2.42. The summed E-state index contributed by atoms with van der Waals surface area (Å²) in [5, 5.41) is 11.2. The zero-order chi connectivity index (χ0) is 29.3. The van der Waals surface area contributed by atoms with Crippen LogP contribution in [-0.4, -0.2) is 9.67 Å². The summed E-state index contributed by atoms with van der Waals surface area (Å²) in [6.07, 6.45) is 3.57. The first-order chi connectivity index (χ1) is 19.3. The normalized spacial score (nSPS) is 17.1. The van der Waals surface area contributed by atoms with Crippen LogP contribution in [0.1, 0.15) is 87.4 Å². The molecule has 6 heteroatoms. The van der Waals surface area contributed by atoms with E-state index in [4.69, 9.17) is 4.99 Å². The van der Waals surface area contributed by atoms with E-state index in [0.717, 1.165) is 51.9 Å². The number of rotatable bonds is 2. The largest absolute Gasteiger partial charge is 0.507 e. The van der Waals surface area contributed by atoms with E-state index in [0.29, 0.717) is 15.1 Å². The fraction of sp³-hybridized carbons (Fsp3) is 0.314. The number of halogens is 1. The summed E-state index contributed by atoms with van der Waals surface area (Å²) in [5.41, 5.74) is 7.12. The number of aromatic nitrogens is 1. The molecule has 0 radical (unpaired) electrons. The van der Waals surface area contributed by atoms with Crippen molar-refractivity contribution in [3.63, 3.8) is 0 Å². The second kappa shape index (κ2) is 9.66. The number of hydrogen-bond donors (Lipinski definition) is 1. The predicted molar refractivity (Wildman–Crippen MR) is 165 cm³/mol. The first-order valence-electron chi connectivity index (χ1n) is 14.1. The van der Waals surface area contributed by atoms with Gasteiger partial charge in [-0.1, -0.05) is 89.3 Å². The smallest absolute Gasteiger partial charge is 0.271 e. The lowest BCUT2D eigenvalue weighted by Crippen LogP contribution is -2.38. The number of benzene rings is 3. The third-order valence-electron chi connectivity index (χ3n) is 8.10. The summed E-state index contributed by atoms with van der Waals surface area (Å²) in [5.74, 6) is 0.00671. The van der Waals surface area contributed by atoms with Crippen molar-refractivity contribution in [1.82, 2.24) is 4.57 Å². The van der Waals surface area contributed by atoms with Gasteiger partial charge in [0.25, 0.3) is 5.56 Å². The van der Waals surface area contributed by atoms with Crippen molar-refractivity contribution in [3.8, 4) is 5.75 Å². The molecule has 0 saturated heterocycles. The molecular formula is C35H35FN2O2S. The highest BCUT2D eigenvalue weighted by atomic mass is 32.1. The highest BCUT2D eigenvalue weighted by molar-refractivity contribution is 7.07. The van der Waals surface area contributed by atoms with Gasteiger partial charge in [-0.2, -0.15) is 0 Å². The van der Waals surface area contributed by atoms with Gasteiger partial charge in [-0.25, -0.2) is 9.38 Å². The minimum atomic E-state index is -0.354. The second-order valence-electron chi connectivity index (χ2n) is 13.1. The Bertz CT molecular complexity index is 1860. The Morgan fingerprint density at radius 3 is 2.22 bits per heavy atom. The lowest BCUT2D eigenvalue weighted by molar-refractivity contribution is 0.423. The van der Waals surface area contributed by atoms with Crippen molar-refractivity contribution in [2.45, 2.75) is 71.3 Å². The maximum absolute atomic E-state index is 14.2. The van der Waals surface area contributed by atoms with Gasteiger partial charge in [-0.3, -0.25) is 9.36 Å². The second-order valence-corrected chi connectivity index (χ2v) is 14.1. The minimum absolute atomic E-state index is 0.115. The average Bonchev–Trinajstić information content (AvgIpc) is 3.22. The van der Waals surface area contributed by atoms with Crippen LogP contribution in [0, 0.1) is 5.82 Å². The maximum atomic E-state index is 14.2. The first-order valence-corrected chi connectivity index (χ1v) is 14.9. The number of aromatic hydroxyl groups is 1. The van der Waals surface area contributed by atoms with Crippen LogP contribution in [0.5, 0.6) is 5.75 Å². The molecular weight excluding hydrogens is 531 g/mol. The molecule has 1 atom stereocenters. The summed E-state index contributed by atoms with van der Waals surface area (Å²) >= 11 is 1.38. The molecule has 1 aromatic heterocycles. The molecule has 41 heavy (non-hydrogen) atoms. The summed E-state index contributed by atoms with van der Waals surface area (Å²) in [4.78, 5) is 19.9. The Kier molecular flexibility index (Phi) is 6.46. The van der Waals surface area contributed by atoms with Crippen LogP contribution < -0.4 is 14.9 Å². The maximum Gasteiger partial charge on any atom is 0.271 e. The monoisotopic (exact) mass is 566 g/mol. The standard InChI is InChI=1S/C35H35FN2O2S/c1-34(2,3)26-17-20(18-27(31(26)39)35(4,5)6)19-28-32(40)38-30(22-11-14-23(36)15-12-22)25-16-13-21-9-7-8-10-24(21)29(25)37-33(38)41-28/h7-12,14-15,17-19,30,39H,13,16H2,1-6H3/b28-19-/t30-/m1/s1. The van der Waals surface area contributed by atoms with Gasteiger partial charge in [0.05, 0.1) is 16.3 Å². The third-order valence-corrected chi connectivity index (χ3v) is 9.09. The molecule has 4 nitrogen and oxygen atoms in total. The molecule has 0 fully saturated rings. The molecule has 2 aliphatic rings. The van der Waals surface area contributed by atoms with E-state index in [1.807, 2.05) is 30.3 Å². The van der Waals surface area contributed by atoms with Crippen LogP contribution in [0.2, 0.25) is 0 Å². The van der Waals surface area contributed by atoms with E-state index in [-0.39, 0.29) is 28.2 Å². The van der Waals surface area contributed by atoms with Crippen LogP contribution in [0.25, 0.3) is 11.8 Å².